The zero-order valence-corrected chi connectivity index (χ0v) is 15.9. The van der Waals surface area contributed by atoms with Crippen molar-refractivity contribution in [2.45, 2.75) is 17.7 Å². The van der Waals surface area contributed by atoms with Gasteiger partial charge in [0.25, 0.3) is 0 Å². The number of hydrogen-bond acceptors (Lipinski definition) is 6. The van der Waals surface area contributed by atoms with Crippen LogP contribution in [0.15, 0.2) is 47.4 Å². The fraction of sp³-hybridized carbons (Fsp3) is 0.263. The molecular weight excluding hydrogens is 368 g/mol. The minimum atomic E-state index is -3.43. The molecule has 2 aromatic carbocycles. The van der Waals surface area contributed by atoms with E-state index in [0.717, 1.165) is 6.26 Å². The maximum absolute atomic E-state index is 12.1. The standard InChI is InChI=1S/C19H20N2O5S/c1-25-17-12-14(13-20)9-10-16(17)26-11-5-8-19(22)21-15-6-3-4-7-18(15)27(2,23)24/h3-4,6-7,9-10,12H,5,8,11H2,1-2H3,(H,21,22). The molecule has 0 saturated carbocycles. The SMILES string of the molecule is COc1cc(C#N)ccc1OCCCC(=O)Nc1ccccc1S(C)(=O)=O. The Balaban J connectivity index is 1.89. The molecule has 1 N–H and O–H groups in total. The number of nitriles is 1. The number of carbonyl (C=O) groups excluding carboxylic acids is 1. The molecule has 27 heavy (non-hydrogen) atoms. The quantitative estimate of drug-likeness (QED) is 0.697. The monoisotopic (exact) mass is 388 g/mol. The zero-order valence-electron chi connectivity index (χ0n) is 15.1. The predicted molar refractivity (Wildman–Crippen MR) is 101 cm³/mol. The molecule has 0 aliphatic carbocycles. The van der Waals surface area contributed by atoms with Crippen LogP contribution >= 0.6 is 0 Å². The van der Waals surface area contributed by atoms with E-state index in [1.165, 1.54) is 13.2 Å². The van der Waals surface area contributed by atoms with E-state index in [2.05, 4.69) is 5.32 Å². The van der Waals surface area contributed by atoms with Gasteiger partial charge in [-0.15, -0.1) is 0 Å². The number of nitrogens with one attached hydrogen (secondary N) is 1. The minimum absolute atomic E-state index is 0.0805. The lowest BCUT2D eigenvalue weighted by Crippen LogP contribution is -2.15. The van der Waals surface area contributed by atoms with Gasteiger partial charge in [-0.25, -0.2) is 8.42 Å². The summed E-state index contributed by atoms with van der Waals surface area (Å²) in [6, 6.07) is 13.1. The Hall–Kier alpha value is -3.05. The molecule has 0 atom stereocenters. The first-order valence-electron chi connectivity index (χ1n) is 8.15. The molecule has 0 aliphatic rings. The van der Waals surface area contributed by atoms with Gasteiger partial charge in [-0.05, 0) is 30.7 Å². The minimum Gasteiger partial charge on any atom is -0.493 e. The molecule has 0 aromatic heterocycles. The number of benzene rings is 2. The molecule has 0 unspecified atom stereocenters. The van der Waals surface area contributed by atoms with E-state index >= 15 is 0 Å². The van der Waals surface area contributed by atoms with Gasteiger partial charge in [0.05, 0.1) is 35.9 Å². The van der Waals surface area contributed by atoms with Crippen LogP contribution in [0.4, 0.5) is 5.69 Å². The molecule has 2 aromatic rings. The molecule has 0 saturated heterocycles. The highest BCUT2D eigenvalue weighted by atomic mass is 32.2. The van der Waals surface area contributed by atoms with Gasteiger partial charge in [0, 0.05) is 18.7 Å². The van der Waals surface area contributed by atoms with E-state index in [4.69, 9.17) is 14.7 Å². The first-order valence-corrected chi connectivity index (χ1v) is 10.0. The summed E-state index contributed by atoms with van der Waals surface area (Å²) in [6.45, 7) is 0.267. The predicted octanol–water partition coefficient (Wildman–Crippen LogP) is 2.77. The number of para-hydroxylation sites is 1. The third-order valence-corrected chi connectivity index (χ3v) is 4.81. The molecular formula is C19H20N2O5S. The second-order valence-corrected chi connectivity index (χ2v) is 7.73. The van der Waals surface area contributed by atoms with Crippen LogP contribution in [0, 0.1) is 11.3 Å². The highest BCUT2D eigenvalue weighted by Gasteiger charge is 2.14. The van der Waals surface area contributed by atoms with Crippen molar-refractivity contribution in [3.05, 3.63) is 48.0 Å². The number of carbonyl (C=O) groups is 1. The van der Waals surface area contributed by atoms with Gasteiger partial charge in [0.1, 0.15) is 0 Å². The Morgan fingerprint density at radius 1 is 1.19 bits per heavy atom. The van der Waals surface area contributed by atoms with E-state index in [9.17, 15) is 13.2 Å². The molecule has 8 heteroatoms. The fourth-order valence-corrected chi connectivity index (χ4v) is 3.22. The first kappa shape index (κ1) is 20.3. The summed E-state index contributed by atoms with van der Waals surface area (Å²) in [5, 5.41) is 11.5. The van der Waals surface area contributed by atoms with E-state index in [-0.39, 0.29) is 29.5 Å². The largest absolute Gasteiger partial charge is 0.493 e. The summed E-state index contributed by atoms with van der Waals surface area (Å²) in [5.74, 6) is 0.626. The highest BCUT2D eigenvalue weighted by Crippen LogP contribution is 2.28. The van der Waals surface area contributed by atoms with Gasteiger partial charge >= 0.3 is 0 Å². The maximum Gasteiger partial charge on any atom is 0.224 e. The summed E-state index contributed by atoms with van der Waals surface area (Å²) < 4.78 is 34.3. The van der Waals surface area contributed by atoms with Crippen LogP contribution in [0.25, 0.3) is 0 Å². The van der Waals surface area contributed by atoms with Crippen LogP contribution < -0.4 is 14.8 Å². The van der Waals surface area contributed by atoms with Gasteiger partial charge in [-0.2, -0.15) is 5.26 Å². The van der Waals surface area contributed by atoms with E-state index in [1.807, 2.05) is 6.07 Å². The average Bonchev–Trinajstić information content (AvgIpc) is 2.64. The Morgan fingerprint density at radius 2 is 1.93 bits per heavy atom. The Bertz CT molecular complexity index is 964. The third-order valence-electron chi connectivity index (χ3n) is 3.66. The average molecular weight is 388 g/mol. The van der Waals surface area contributed by atoms with E-state index in [0.29, 0.717) is 23.5 Å². The third kappa shape index (κ3) is 5.72. The topological polar surface area (TPSA) is 105 Å². The zero-order chi connectivity index (χ0) is 19.9. The van der Waals surface area contributed by atoms with Gasteiger partial charge < -0.3 is 14.8 Å². The van der Waals surface area contributed by atoms with Gasteiger partial charge in [0.2, 0.25) is 5.91 Å². The van der Waals surface area contributed by atoms with Gasteiger partial charge in [0.15, 0.2) is 21.3 Å². The lowest BCUT2D eigenvalue weighted by Gasteiger charge is -2.11. The van der Waals surface area contributed by atoms with Crippen molar-refractivity contribution < 1.29 is 22.7 Å². The molecule has 2 rings (SSSR count). The van der Waals surface area contributed by atoms with Crippen molar-refractivity contribution in [1.29, 1.82) is 5.26 Å². The molecule has 7 nitrogen and oxygen atoms in total. The van der Waals surface area contributed by atoms with Gasteiger partial charge in [-0.1, -0.05) is 12.1 Å². The summed E-state index contributed by atoms with van der Waals surface area (Å²) >= 11 is 0. The van der Waals surface area contributed by atoms with Crippen LogP contribution in [0.3, 0.4) is 0 Å². The lowest BCUT2D eigenvalue weighted by molar-refractivity contribution is -0.116. The molecule has 0 spiro atoms. The van der Waals surface area contributed by atoms with Crippen molar-refractivity contribution in [2.24, 2.45) is 0 Å². The number of rotatable bonds is 8. The molecule has 1 amide bonds. The van der Waals surface area contributed by atoms with Crippen molar-refractivity contribution in [2.75, 3.05) is 25.3 Å². The Kier molecular flexibility index (Phi) is 6.79. The smallest absolute Gasteiger partial charge is 0.224 e. The van der Waals surface area contributed by atoms with Crippen molar-refractivity contribution >= 4 is 21.4 Å². The summed E-state index contributed by atoms with van der Waals surface area (Å²) in [4.78, 5) is 12.2. The summed E-state index contributed by atoms with van der Waals surface area (Å²) in [6.07, 6.45) is 1.68. The van der Waals surface area contributed by atoms with E-state index < -0.39 is 9.84 Å². The van der Waals surface area contributed by atoms with Crippen LogP contribution in [0.1, 0.15) is 18.4 Å². The number of sulfone groups is 1. The number of anilines is 1. The molecule has 0 fully saturated rings. The maximum atomic E-state index is 12.1. The first-order chi connectivity index (χ1) is 12.8. The second-order valence-electron chi connectivity index (χ2n) is 5.75. The fourth-order valence-electron chi connectivity index (χ4n) is 2.38. The number of ether oxygens (including phenoxy) is 2. The molecule has 0 radical (unpaired) electrons. The Labute approximate surface area is 158 Å². The normalized spacial score (nSPS) is 10.7. The molecule has 0 bridgehead atoms. The van der Waals surface area contributed by atoms with Crippen molar-refractivity contribution in [3.63, 3.8) is 0 Å². The number of methoxy groups -OCH3 is 1. The molecule has 0 aliphatic heterocycles. The van der Waals surface area contributed by atoms with Crippen LogP contribution in [0.5, 0.6) is 11.5 Å². The lowest BCUT2D eigenvalue weighted by atomic mass is 10.2. The summed E-state index contributed by atoms with van der Waals surface area (Å²) in [5.41, 5.74) is 0.725. The molecule has 142 valence electrons. The number of nitrogens with zero attached hydrogens (tertiary/aromatic N) is 1. The van der Waals surface area contributed by atoms with E-state index in [1.54, 1.807) is 36.4 Å². The second kappa shape index (κ2) is 9.05. The van der Waals surface area contributed by atoms with Crippen molar-refractivity contribution in [1.82, 2.24) is 0 Å². The van der Waals surface area contributed by atoms with Crippen LogP contribution in [0.2, 0.25) is 0 Å². The Morgan fingerprint density at radius 3 is 2.59 bits per heavy atom. The van der Waals surface area contributed by atoms with Crippen LogP contribution in [-0.2, 0) is 14.6 Å². The van der Waals surface area contributed by atoms with Crippen molar-refractivity contribution in [3.8, 4) is 17.6 Å². The van der Waals surface area contributed by atoms with Crippen LogP contribution in [-0.4, -0.2) is 34.3 Å². The highest BCUT2D eigenvalue weighted by molar-refractivity contribution is 7.90. The number of hydrogen-bond donors (Lipinski definition) is 1. The van der Waals surface area contributed by atoms with Gasteiger partial charge in [-0.3, -0.25) is 4.79 Å². The summed E-state index contributed by atoms with van der Waals surface area (Å²) in [7, 11) is -1.95. The number of amides is 1. The molecule has 0 heterocycles.